The molecule has 0 saturated carbocycles. The zero-order valence-corrected chi connectivity index (χ0v) is 6.16. The monoisotopic (exact) mass is 132 g/mol. The van der Waals surface area contributed by atoms with Crippen LogP contribution >= 0.6 is 12.2 Å². The zero-order valence-electron chi connectivity index (χ0n) is 5.35. The Morgan fingerprint density at radius 1 is 1.62 bits per heavy atom. The lowest BCUT2D eigenvalue weighted by Crippen LogP contribution is -2.24. The zero-order chi connectivity index (χ0) is 6.41. The molecule has 0 aromatic heterocycles. The third kappa shape index (κ3) is 5.85. The molecule has 0 aromatic carbocycles. The van der Waals surface area contributed by atoms with Crippen molar-refractivity contribution in [3.63, 3.8) is 0 Å². The molecule has 3 heteroatoms. The van der Waals surface area contributed by atoms with Crippen molar-refractivity contribution in [1.29, 1.82) is 0 Å². The predicted molar refractivity (Wildman–Crippen MR) is 40.2 cm³/mol. The van der Waals surface area contributed by atoms with Crippen LogP contribution in [0.4, 0.5) is 0 Å². The molecule has 0 unspecified atom stereocenters. The first-order chi connectivity index (χ1) is 3.77. The van der Waals surface area contributed by atoms with E-state index < -0.39 is 0 Å². The summed E-state index contributed by atoms with van der Waals surface area (Å²) in [6.07, 6.45) is 0. The van der Waals surface area contributed by atoms with E-state index in [0.717, 1.165) is 13.1 Å². The standard InChI is InChI=1S/C5H12N2S/c1-7(2)4-3-6-5-8/h5H,3-4H2,1-2H3,(H,6,8). The fourth-order valence-electron chi connectivity index (χ4n) is 0.347. The van der Waals surface area contributed by atoms with Crippen molar-refractivity contribution in [2.45, 2.75) is 0 Å². The topological polar surface area (TPSA) is 15.3 Å². The molecule has 8 heavy (non-hydrogen) atoms. The van der Waals surface area contributed by atoms with E-state index in [1.165, 1.54) is 0 Å². The Labute approximate surface area is 55.9 Å². The molecule has 0 fully saturated rings. The van der Waals surface area contributed by atoms with Crippen molar-refractivity contribution < 1.29 is 0 Å². The molecule has 1 N–H and O–H groups in total. The summed E-state index contributed by atoms with van der Waals surface area (Å²) in [5.74, 6) is 0. The highest BCUT2D eigenvalue weighted by Gasteiger charge is 1.83. The molecule has 2 nitrogen and oxygen atoms in total. The molecule has 0 radical (unpaired) electrons. The number of hydrogen-bond donors (Lipinski definition) is 1. The molecule has 0 spiro atoms. The molecular formula is C5H12N2S. The lowest BCUT2D eigenvalue weighted by Gasteiger charge is -2.07. The third-order valence-corrected chi connectivity index (χ3v) is 0.953. The van der Waals surface area contributed by atoms with Gasteiger partial charge < -0.3 is 10.2 Å². The first-order valence-electron chi connectivity index (χ1n) is 2.59. The summed E-state index contributed by atoms with van der Waals surface area (Å²) in [5, 5.41) is 2.93. The van der Waals surface area contributed by atoms with E-state index in [0.29, 0.717) is 0 Å². The maximum absolute atomic E-state index is 4.55. The Kier molecular flexibility index (Phi) is 4.90. The van der Waals surface area contributed by atoms with Crippen molar-refractivity contribution in [1.82, 2.24) is 10.2 Å². The van der Waals surface area contributed by atoms with Crippen molar-refractivity contribution in [2.75, 3.05) is 27.2 Å². The molecule has 0 saturated heterocycles. The van der Waals surface area contributed by atoms with E-state index in [9.17, 15) is 0 Å². The number of nitrogens with one attached hydrogen (secondary N) is 1. The second kappa shape index (κ2) is 5.00. The van der Waals surface area contributed by atoms with Crippen LogP contribution in [-0.2, 0) is 0 Å². The van der Waals surface area contributed by atoms with Gasteiger partial charge in [-0.05, 0) is 14.1 Å². The quantitative estimate of drug-likeness (QED) is 0.431. The fraction of sp³-hybridized carbons (Fsp3) is 0.800. The average molecular weight is 132 g/mol. The van der Waals surface area contributed by atoms with E-state index in [-0.39, 0.29) is 0 Å². The van der Waals surface area contributed by atoms with Crippen LogP contribution in [0.5, 0.6) is 0 Å². The van der Waals surface area contributed by atoms with Crippen LogP contribution in [-0.4, -0.2) is 37.6 Å². The second-order valence-corrected chi connectivity index (χ2v) is 2.11. The summed E-state index contributed by atoms with van der Waals surface area (Å²) in [6, 6.07) is 0. The molecular weight excluding hydrogens is 120 g/mol. The lowest BCUT2D eigenvalue weighted by atomic mass is 10.6. The number of rotatable bonds is 4. The van der Waals surface area contributed by atoms with Gasteiger partial charge >= 0.3 is 0 Å². The number of hydrogen-bond acceptors (Lipinski definition) is 2. The summed E-state index contributed by atoms with van der Waals surface area (Å²) >= 11 is 4.55. The van der Waals surface area contributed by atoms with E-state index in [2.05, 4.69) is 22.4 Å². The van der Waals surface area contributed by atoms with Crippen LogP contribution in [0.2, 0.25) is 0 Å². The van der Waals surface area contributed by atoms with Crippen LogP contribution < -0.4 is 5.32 Å². The van der Waals surface area contributed by atoms with Crippen molar-refractivity contribution in [3.8, 4) is 0 Å². The normalized spacial score (nSPS) is 9.38. The Bertz CT molecular complexity index is 63.4. The molecule has 0 heterocycles. The van der Waals surface area contributed by atoms with Crippen LogP contribution in [0, 0.1) is 0 Å². The maximum Gasteiger partial charge on any atom is 0.0615 e. The number of thiocarbonyl (C=S) groups is 1. The summed E-state index contributed by atoms with van der Waals surface area (Å²) in [7, 11) is 4.07. The van der Waals surface area contributed by atoms with Gasteiger partial charge in [0, 0.05) is 13.1 Å². The van der Waals surface area contributed by atoms with Gasteiger partial charge in [0.2, 0.25) is 0 Å². The van der Waals surface area contributed by atoms with Crippen LogP contribution in [0.1, 0.15) is 0 Å². The Morgan fingerprint density at radius 3 is 2.62 bits per heavy atom. The largest absolute Gasteiger partial charge is 0.381 e. The first kappa shape index (κ1) is 7.85. The first-order valence-corrected chi connectivity index (χ1v) is 3.06. The van der Waals surface area contributed by atoms with E-state index in [4.69, 9.17) is 0 Å². The van der Waals surface area contributed by atoms with E-state index >= 15 is 0 Å². The van der Waals surface area contributed by atoms with Gasteiger partial charge in [-0.25, -0.2) is 0 Å². The van der Waals surface area contributed by atoms with Gasteiger partial charge in [-0.15, -0.1) is 0 Å². The molecule has 0 aliphatic heterocycles. The Hall–Kier alpha value is -0.150. The third-order valence-electron chi connectivity index (χ3n) is 0.787. The molecule has 0 aromatic rings. The van der Waals surface area contributed by atoms with Gasteiger partial charge in [-0.2, -0.15) is 0 Å². The minimum atomic E-state index is 0.941. The fourth-order valence-corrected chi connectivity index (χ4v) is 0.465. The SMILES string of the molecule is CN(C)CCNC=S. The summed E-state index contributed by atoms with van der Waals surface area (Å²) in [5.41, 5.74) is 1.55. The van der Waals surface area contributed by atoms with Gasteiger partial charge in [0.05, 0.1) is 5.49 Å². The second-order valence-electron chi connectivity index (χ2n) is 1.88. The van der Waals surface area contributed by atoms with Crippen LogP contribution in [0.25, 0.3) is 0 Å². The van der Waals surface area contributed by atoms with Crippen molar-refractivity contribution in [2.24, 2.45) is 0 Å². The summed E-state index contributed by atoms with van der Waals surface area (Å²) < 4.78 is 0. The molecule has 0 aliphatic rings. The molecule has 0 rings (SSSR count). The Morgan fingerprint density at radius 2 is 2.25 bits per heavy atom. The summed E-state index contributed by atoms with van der Waals surface area (Å²) in [4.78, 5) is 2.10. The van der Waals surface area contributed by atoms with Gasteiger partial charge in [-0.3, -0.25) is 0 Å². The molecule has 0 bridgehead atoms. The molecule has 0 aliphatic carbocycles. The van der Waals surface area contributed by atoms with Gasteiger partial charge in [-0.1, -0.05) is 12.2 Å². The average Bonchev–Trinajstić information content (AvgIpc) is 1.66. The lowest BCUT2D eigenvalue weighted by molar-refractivity contribution is 0.414. The minimum Gasteiger partial charge on any atom is -0.381 e. The highest BCUT2D eigenvalue weighted by molar-refractivity contribution is 7.78. The number of likely N-dealkylation sites (N-methyl/N-ethyl adjacent to an activating group) is 1. The summed E-state index contributed by atoms with van der Waals surface area (Å²) in [6.45, 7) is 1.98. The minimum absolute atomic E-state index is 0.941. The maximum atomic E-state index is 4.55. The molecule has 48 valence electrons. The van der Waals surface area contributed by atoms with Gasteiger partial charge in [0.25, 0.3) is 0 Å². The van der Waals surface area contributed by atoms with Crippen molar-refractivity contribution >= 4 is 17.7 Å². The van der Waals surface area contributed by atoms with E-state index in [1.807, 2.05) is 14.1 Å². The van der Waals surface area contributed by atoms with Crippen LogP contribution in [0.3, 0.4) is 0 Å². The molecule has 0 amide bonds. The highest BCUT2D eigenvalue weighted by Crippen LogP contribution is 1.67. The van der Waals surface area contributed by atoms with Gasteiger partial charge in [0.1, 0.15) is 0 Å². The van der Waals surface area contributed by atoms with Crippen molar-refractivity contribution in [3.05, 3.63) is 0 Å². The van der Waals surface area contributed by atoms with E-state index in [1.54, 1.807) is 5.49 Å². The molecule has 0 atom stereocenters. The van der Waals surface area contributed by atoms with Crippen LogP contribution in [0.15, 0.2) is 0 Å². The Balaban J connectivity index is 2.81. The number of nitrogens with zero attached hydrogens (tertiary/aromatic N) is 1. The predicted octanol–water partition coefficient (Wildman–Crippen LogP) is 0.0948. The smallest absolute Gasteiger partial charge is 0.0615 e. The van der Waals surface area contributed by atoms with Gasteiger partial charge in [0.15, 0.2) is 0 Å². The highest BCUT2D eigenvalue weighted by atomic mass is 32.1.